The largest absolute Gasteiger partial charge is 0.379 e. The Morgan fingerprint density at radius 1 is 0.929 bits per heavy atom. The van der Waals surface area contributed by atoms with Gasteiger partial charge in [-0.1, -0.05) is 6.58 Å². The normalized spacial score (nSPS) is 11.9. The summed E-state index contributed by atoms with van der Waals surface area (Å²) >= 11 is 0. The summed E-state index contributed by atoms with van der Waals surface area (Å²) in [4.78, 5) is 12.3. The van der Waals surface area contributed by atoms with Gasteiger partial charge < -0.3 is 10.6 Å². The van der Waals surface area contributed by atoms with Gasteiger partial charge in [0.15, 0.2) is 11.6 Å². The third kappa shape index (κ3) is 4.88. The van der Waals surface area contributed by atoms with Gasteiger partial charge in [0.1, 0.15) is 5.82 Å². The number of benzene rings is 2. The average Bonchev–Trinajstić information content (AvgIpc) is 2.56. The Morgan fingerprint density at radius 3 is 2.11 bits per heavy atom. The first-order valence-electron chi connectivity index (χ1n) is 8.23. The molecule has 2 rings (SSSR count). The van der Waals surface area contributed by atoms with Gasteiger partial charge in [-0.2, -0.15) is 8.78 Å². The summed E-state index contributed by atoms with van der Waals surface area (Å²) in [5.41, 5.74) is -2.87. The Balaban J connectivity index is 2.32. The SMILES string of the molecule is C=C(NC(C)(C)C)C(F)(F)c1cc(C(=O)Nc2ccc(F)c(F)c2)ccc1F. The standard InChI is InChI=1S/C20H19F5N2O/c1-11(27-19(2,3)4)20(24,25)14-9-12(5-7-15(14)21)18(28)26-13-6-8-16(22)17(23)10-13/h5-10,27H,1H2,2-4H3,(H,26,28). The van der Waals surface area contributed by atoms with E-state index in [2.05, 4.69) is 17.2 Å². The molecule has 8 heteroatoms. The number of carbonyl (C=O) groups is 1. The first-order valence-corrected chi connectivity index (χ1v) is 8.23. The van der Waals surface area contributed by atoms with Gasteiger partial charge in [-0.05, 0) is 51.1 Å². The molecule has 3 nitrogen and oxygen atoms in total. The molecule has 0 unspecified atom stereocenters. The third-order valence-electron chi connectivity index (χ3n) is 3.65. The molecule has 0 radical (unpaired) electrons. The van der Waals surface area contributed by atoms with Crippen LogP contribution in [0.4, 0.5) is 27.6 Å². The van der Waals surface area contributed by atoms with Gasteiger partial charge in [0, 0.05) is 22.9 Å². The van der Waals surface area contributed by atoms with Gasteiger partial charge in [0.25, 0.3) is 5.91 Å². The van der Waals surface area contributed by atoms with E-state index in [1.807, 2.05) is 0 Å². The molecule has 150 valence electrons. The molecule has 0 saturated carbocycles. The minimum absolute atomic E-state index is 0.0830. The molecular formula is C20H19F5N2O. The van der Waals surface area contributed by atoms with Crippen molar-refractivity contribution < 1.29 is 26.7 Å². The minimum Gasteiger partial charge on any atom is -0.379 e. The van der Waals surface area contributed by atoms with Crippen LogP contribution in [0.15, 0.2) is 48.7 Å². The first kappa shape index (κ1) is 21.4. The van der Waals surface area contributed by atoms with E-state index in [-0.39, 0.29) is 11.3 Å². The number of carbonyl (C=O) groups excluding carboxylic acids is 1. The lowest BCUT2D eigenvalue weighted by Crippen LogP contribution is -2.40. The molecule has 2 aromatic rings. The average molecular weight is 398 g/mol. The number of hydrogen-bond donors (Lipinski definition) is 2. The van der Waals surface area contributed by atoms with Crippen LogP contribution in [0, 0.1) is 17.5 Å². The van der Waals surface area contributed by atoms with E-state index < -0.39 is 46.1 Å². The first-order chi connectivity index (χ1) is 12.8. The van der Waals surface area contributed by atoms with Crippen molar-refractivity contribution in [2.24, 2.45) is 0 Å². The van der Waals surface area contributed by atoms with Crippen LogP contribution in [0.25, 0.3) is 0 Å². The molecule has 0 aliphatic carbocycles. The molecule has 0 aliphatic rings. The Kier molecular flexibility index (Phi) is 5.82. The number of hydrogen-bond acceptors (Lipinski definition) is 2. The zero-order chi connectivity index (χ0) is 21.3. The van der Waals surface area contributed by atoms with E-state index in [1.165, 1.54) is 0 Å². The van der Waals surface area contributed by atoms with E-state index in [0.717, 1.165) is 30.3 Å². The molecule has 0 spiro atoms. The monoisotopic (exact) mass is 398 g/mol. The summed E-state index contributed by atoms with van der Waals surface area (Å²) in [6.45, 7) is 8.19. The maximum atomic E-state index is 14.7. The van der Waals surface area contributed by atoms with E-state index in [9.17, 15) is 26.7 Å². The van der Waals surface area contributed by atoms with Crippen molar-refractivity contribution in [1.82, 2.24) is 5.32 Å². The molecule has 1 amide bonds. The van der Waals surface area contributed by atoms with Gasteiger partial charge in [-0.3, -0.25) is 4.79 Å². The van der Waals surface area contributed by atoms with E-state index in [0.29, 0.717) is 6.07 Å². The van der Waals surface area contributed by atoms with Crippen LogP contribution in [-0.2, 0) is 5.92 Å². The number of alkyl halides is 2. The highest BCUT2D eigenvalue weighted by Gasteiger charge is 2.40. The molecule has 0 heterocycles. The van der Waals surface area contributed by atoms with Gasteiger partial charge >= 0.3 is 5.92 Å². The fraction of sp³-hybridized carbons (Fsp3) is 0.250. The van der Waals surface area contributed by atoms with Crippen LogP contribution in [-0.4, -0.2) is 11.4 Å². The van der Waals surface area contributed by atoms with Gasteiger partial charge in [-0.15, -0.1) is 0 Å². The summed E-state index contributed by atoms with van der Waals surface area (Å²) in [7, 11) is 0. The molecule has 2 aromatic carbocycles. The maximum Gasteiger partial charge on any atom is 0.314 e. The van der Waals surface area contributed by atoms with Crippen molar-refractivity contribution in [3.05, 3.63) is 77.3 Å². The quantitative estimate of drug-likeness (QED) is 0.667. The highest BCUT2D eigenvalue weighted by molar-refractivity contribution is 6.04. The van der Waals surface area contributed by atoms with Crippen molar-refractivity contribution in [2.75, 3.05) is 5.32 Å². The lowest BCUT2D eigenvalue weighted by molar-refractivity contribution is 0.0231. The number of rotatable bonds is 5. The highest BCUT2D eigenvalue weighted by Crippen LogP contribution is 2.36. The summed E-state index contributed by atoms with van der Waals surface area (Å²) in [6, 6.07) is 5.07. The van der Waals surface area contributed by atoms with Crippen LogP contribution in [0.5, 0.6) is 0 Å². The second-order valence-electron chi connectivity index (χ2n) is 7.21. The lowest BCUT2D eigenvalue weighted by atomic mass is 10.00. The number of anilines is 1. The van der Waals surface area contributed by atoms with Crippen LogP contribution in [0.1, 0.15) is 36.7 Å². The maximum absolute atomic E-state index is 14.7. The number of amides is 1. The number of halogens is 5. The lowest BCUT2D eigenvalue weighted by Gasteiger charge is -2.29. The topological polar surface area (TPSA) is 41.1 Å². The van der Waals surface area contributed by atoms with Crippen LogP contribution in [0.3, 0.4) is 0 Å². The molecule has 0 saturated heterocycles. The van der Waals surface area contributed by atoms with Gasteiger partial charge in [-0.25, -0.2) is 13.2 Å². The van der Waals surface area contributed by atoms with Crippen LogP contribution >= 0.6 is 0 Å². The molecule has 28 heavy (non-hydrogen) atoms. The second-order valence-corrected chi connectivity index (χ2v) is 7.21. The zero-order valence-corrected chi connectivity index (χ0v) is 15.5. The third-order valence-corrected chi connectivity index (χ3v) is 3.65. The fourth-order valence-electron chi connectivity index (χ4n) is 2.38. The molecule has 0 aliphatic heterocycles. The second kappa shape index (κ2) is 7.61. The Labute approximate surface area is 159 Å². The van der Waals surface area contributed by atoms with Crippen molar-refractivity contribution in [1.29, 1.82) is 0 Å². The summed E-state index contributed by atoms with van der Waals surface area (Å²) < 4.78 is 69.6. The Hall–Kier alpha value is -2.90. The molecule has 0 atom stereocenters. The Bertz CT molecular complexity index is 919. The van der Waals surface area contributed by atoms with E-state index >= 15 is 0 Å². The van der Waals surface area contributed by atoms with E-state index in [4.69, 9.17) is 0 Å². The predicted molar refractivity (Wildman–Crippen MR) is 96.6 cm³/mol. The van der Waals surface area contributed by atoms with Crippen LogP contribution in [0.2, 0.25) is 0 Å². The number of allylic oxidation sites excluding steroid dienone is 1. The van der Waals surface area contributed by atoms with Crippen molar-refractivity contribution in [2.45, 2.75) is 32.2 Å². The summed E-state index contributed by atoms with van der Waals surface area (Å²) in [6.07, 6.45) is 0. The Morgan fingerprint density at radius 2 is 1.54 bits per heavy atom. The highest BCUT2D eigenvalue weighted by atomic mass is 19.3. The summed E-state index contributed by atoms with van der Waals surface area (Å²) in [5.74, 6) is -8.20. The molecule has 2 N–H and O–H groups in total. The molecule has 0 bridgehead atoms. The predicted octanol–water partition coefficient (Wildman–Crippen LogP) is 5.35. The molecule has 0 aromatic heterocycles. The summed E-state index contributed by atoms with van der Waals surface area (Å²) in [5, 5.41) is 4.74. The number of nitrogens with one attached hydrogen (secondary N) is 2. The fourth-order valence-corrected chi connectivity index (χ4v) is 2.38. The minimum atomic E-state index is -3.80. The zero-order valence-electron chi connectivity index (χ0n) is 15.5. The molecule has 0 fully saturated rings. The van der Waals surface area contributed by atoms with Crippen molar-refractivity contribution in [3.8, 4) is 0 Å². The van der Waals surface area contributed by atoms with E-state index in [1.54, 1.807) is 20.8 Å². The van der Waals surface area contributed by atoms with Crippen molar-refractivity contribution >= 4 is 11.6 Å². The molecular weight excluding hydrogens is 379 g/mol. The van der Waals surface area contributed by atoms with Gasteiger partial charge in [0.2, 0.25) is 0 Å². The smallest absolute Gasteiger partial charge is 0.314 e. The van der Waals surface area contributed by atoms with Crippen LogP contribution < -0.4 is 10.6 Å². The van der Waals surface area contributed by atoms with Crippen molar-refractivity contribution in [3.63, 3.8) is 0 Å². The van der Waals surface area contributed by atoms with Gasteiger partial charge in [0.05, 0.1) is 11.3 Å².